The van der Waals surface area contributed by atoms with Gasteiger partial charge in [0.15, 0.2) is 0 Å². The fourth-order valence-electron chi connectivity index (χ4n) is 1.36. The van der Waals surface area contributed by atoms with Crippen molar-refractivity contribution in [1.82, 2.24) is 5.32 Å². The van der Waals surface area contributed by atoms with Crippen LogP contribution in [0.1, 0.15) is 0 Å². The minimum atomic E-state index is 0.653. The van der Waals surface area contributed by atoms with Gasteiger partial charge < -0.3 is 20.5 Å². The van der Waals surface area contributed by atoms with Gasteiger partial charge in [-0.2, -0.15) is 0 Å². The van der Waals surface area contributed by atoms with Crippen LogP contribution in [0.4, 0.5) is 5.69 Å². The number of hydrogen-bond acceptors (Lipinski definition) is 4. The van der Waals surface area contributed by atoms with Crippen molar-refractivity contribution < 1.29 is 9.47 Å². The van der Waals surface area contributed by atoms with Crippen LogP contribution in [-0.4, -0.2) is 19.7 Å². The van der Waals surface area contributed by atoms with Crippen molar-refractivity contribution in [2.45, 2.75) is 0 Å². The van der Waals surface area contributed by atoms with Crippen LogP contribution >= 0.6 is 31.9 Å². The molecule has 0 aliphatic carbocycles. The Kier molecular flexibility index (Phi) is 4.31. The Hall–Kier alpha value is -0.720. The molecule has 3 N–H and O–H groups in total. The number of ether oxygens (including phenoxy) is 2. The summed E-state index contributed by atoms with van der Waals surface area (Å²) in [7, 11) is 0. The Labute approximate surface area is 116 Å². The lowest BCUT2D eigenvalue weighted by Crippen LogP contribution is -2.29. The van der Waals surface area contributed by atoms with E-state index in [4.69, 9.17) is 15.2 Å². The number of nitrogens with two attached hydrogens (primary N) is 1. The highest BCUT2D eigenvalue weighted by Gasteiger charge is 2.07. The first-order valence-corrected chi connectivity index (χ1v) is 6.69. The summed E-state index contributed by atoms with van der Waals surface area (Å²) in [6.07, 6.45) is 1.61. The minimum absolute atomic E-state index is 0.653. The van der Waals surface area contributed by atoms with Crippen molar-refractivity contribution in [3.8, 4) is 5.75 Å². The molecule has 6 heteroatoms. The summed E-state index contributed by atoms with van der Waals surface area (Å²) in [5, 5.41) is 3.19. The second-order valence-electron chi connectivity index (χ2n) is 3.53. The van der Waals surface area contributed by atoms with Gasteiger partial charge in [-0.3, -0.25) is 0 Å². The summed E-state index contributed by atoms with van der Waals surface area (Å²) >= 11 is 6.73. The largest absolute Gasteiger partial charge is 0.492 e. The highest BCUT2D eigenvalue weighted by molar-refractivity contribution is 9.11. The second kappa shape index (κ2) is 5.75. The van der Waals surface area contributed by atoms with Gasteiger partial charge in [0.25, 0.3) is 0 Å². The molecule has 0 unspecified atom stereocenters. The van der Waals surface area contributed by atoms with Gasteiger partial charge >= 0.3 is 0 Å². The van der Waals surface area contributed by atoms with Crippen molar-refractivity contribution in [2.24, 2.45) is 0 Å². The summed E-state index contributed by atoms with van der Waals surface area (Å²) in [6.45, 7) is 2.23. The lowest BCUT2D eigenvalue weighted by Gasteiger charge is -2.17. The molecule has 4 nitrogen and oxygen atoms in total. The van der Waals surface area contributed by atoms with E-state index < -0.39 is 0 Å². The average Bonchev–Trinajstić information content (AvgIpc) is 2.34. The topological polar surface area (TPSA) is 56.5 Å². The van der Waals surface area contributed by atoms with E-state index in [9.17, 15) is 0 Å². The Morgan fingerprint density at radius 2 is 2.06 bits per heavy atom. The van der Waals surface area contributed by atoms with Crippen LogP contribution in [0.3, 0.4) is 0 Å². The molecule has 1 aliphatic heterocycles. The first kappa shape index (κ1) is 12.7. The fraction of sp³-hybridized carbons (Fsp3) is 0.273. The SMILES string of the molecule is Nc1c(Br)cc(OC=C2CNCCO2)cc1Br. The third-order valence-electron chi connectivity index (χ3n) is 2.24. The number of nitrogen functional groups attached to an aromatic ring is 1. The average molecular weight is 364 g/mol. The molecule has 1 aromatic carbocycles. The van der Waals surface area contributed by atoms with Crippen molar-refractivity contribution >= 4 is 37.5 Å². The van der Waals surface area contributed by atoms with Crippen LogP contribution in [0.5, 0.6) is 5.75 Å². The highest BCUT2D eigenvalue weighted by atomic mass is 79.9. The summed E-state index contributed by atoms with van der Waals surface area (Å²) in [5.41, 5.74) is 6.44. The molecule has 0 radical (unpaired) electrons. The number of hydrogen-bond donors (Lipinski definition) is 2. The van der Waals surface area contributed by atoms with Crippen LogP contribution in [0.15, 0.2) is 33.1 Å². The predicted octanol–water partition coefficient (Wildman–Crippen LogP) is 2.63. The Morgan fingerprint density at radius 3 is 2.65 bits per heavy atom. The maximum Gasteiger partial charge on any atom is 0.145 e. The van der Waals surface area contributed by atoms with Gasteiger partial charge in [-0.15, -0.1) is 0 Å². The van der Waals surface area contributed by atoms with Gasteiger partial charge in [0, 0.05) is 15.5 Å². The fourth-order valence-corrected chi connectivity index (χ4v) is 2.50. The number of nitrogens with one attached hydrogen (secondary N) is 1. The lowest BCUT2D eigenvalue weighted by atomic mass is 10.3. The molecule has 1 heterocycles. The molecule has 92 valence electrons. The third-order valence-corrected chi connectivity index (χ3v) is 3.56. The molecule has 0 aromatic heterocycles. The van der Waals surface area contributed by atoms with Gasteiger partial charge in [-0.25, -0.2) is 0 Å². The normalized spacial score (nSPS) is 17.9. The number of morpholine rings is 1. The molecule has 1 aromatic rings. The maximum absolute atomic E-state index is 5.79. The first-order chi connectivity index (χ1) is 8.16. The predicted molar refractivity (Wildman–Crippen MR) is 73.8 cm³/mol. The zero-order chi connectivity index (χ0) is 12.3. The first-order valence-electron chi connectivity index (χ1n) is 5.10. The molecule has 0 atom stereocenters. The molecule has 17 heavy (non-hydrogen) atoms. The van der Waals surface area contributed by atoms with Crippen molar-refractivity contribution in [2.75, 3.05) is 25.4 Å². The van der Waals surface area contributed by atoms with E-state index in [0.29, 0.717) is 24.6 Å². The van der Waals surface area contributed by atoms with Gasteiger partial charge in [-0.05, 0) is 44.0 Å². The molecule has 1 aliphatic rings. The van der Waals surface area contributed by atoms with Crippen molar-refractivity contribution in [1.29, 1.82) is 0 Å². The van der Waals surface area contributed by atoms with Gasteiger partial charge in [-0.1, -0.05) is 0 Å². The maximum atomic E-state index is 5.79. The molecule has 0 saturated carbocycles. The zero-order valence-corrected chi connectivity index (χ0v) is 12.2. The molecule has 1 fully saturated rings. The van der Waals surface area contributed by atoms with E-state index >= 15 is 0 Å². The summed E-state index contributed by atoms with van der Waals surface area (Å²) < 4.78 is 12.5. The van der Waals surface area contributed by atoms with E-state index in [1.165, 1.54) is 0 Å². The van der Waals surface area contributed by atoms with E-state index in [-0.39, 0.29) is 0 Å². The number of rotatable bonds is 2. The third kappa shape index (κ3) is 3.37. The van der Waals surface area contributed by atoms with Crippen LogP contribution in [0.25, 0.3) is 0 Å². The standard InChI is InChI=1S/C11H12Br2N2O2/c12-9-3-7(4-10(13)11(9)14)17-6-8-5-15-1-2-16-8/h3-4,6,15H,1-2,5,14H2. The summed E-state index contributed by atoms with van der Waals surface area (Å²) in [6, 6.07) is 3.63. The van der Waals surface area contributed by atoms with Crippen LogP contribution in [0.2, 0.25) is 0 Å². The van der Waals surface area contributed by atoms with Crippen molar-refractivity contribution in [3.63, 3.8) is 0 Å². The van der Waals surface area contributed by atoms with Crippen LogP contribution in [-0.2, 0) is 4.74 Å². The van der Waals surface area contributed by atoms with Gasteiger partial charge in [0.05, 0.1) is 12.2 Å². The number of benzene rings is 1. The smallest absolute Gasteiger partial charge is 0.145 e. The van der Waals surface area contributed by atoms with E-state index in [1.807, 2.05) is 12.1 Å². The van der Waals surface area contributed by atoms with E-state index in [2.05, 4.69) is 37.2 Å². The second-order valence-corrected chi connectivity index (χ2v) is 5.24. The molecule has 0 amide bonds. The molecular weight excluding hydrogens is 352 g/mol. The van der Waals surface area contributed by atoms with Crippen LogP contribution < -0.4 is 15.8 Å². The molecule has 1 saturated heterocycles. The monoisotopic (exact) mass is 362 g/mol. The number of halogens is 2. The Balaban J connectivity index is 2.08. The van der Waals surface area contributed by atoms with Gasteiger partial charge in [0.2, 0.25) is 0 Å². The lowest BCUT2D eigenvalue weighted by molar-refractivity contribution is 0.168. The molecule has 0 bridgehead atoms. The summed E-state index contributed by atoms with van der Waals surface area (Å²) in [4.78, 5) is 0. The highest BCUT2D eigenvalue weighted by Crippen LogP contribution is 2.33. The van der Waals surface area contributed by atoms with E-state index in [0.717, 1.165) is 21.2 Å². The summed E-state index contributed by atoms with van der Waals surface area (Å²) in [5.74, 6) is 1.49. The molecule has 0 spiro atoms. The van der Waals surface area contributed by atoms with Crippen molar-refractivity contribution in [3.05, 3.63) is 33.1 Å². The minimum Gasteiger partial charge on any atom is -0.492 e. The van der Waals surface area contributed by atoms with E-state index in [1.54, 1.807) is 6.26 Å². The zero-order valence-electron chi connectivity index (χ0n) is 9.00. The quantitative estimate of drug-likeness (QED) is 0.626. The van der Waals surface area contributed by atoms with Crippen LogP contribution in [0, 0.1) is 0 Å². The Bertz CT molecular complexity index is 418. The Morgan fingerprint density at radius 1 is 1.35 bits per heavy atom. The molecule has 2 rings (SSSR count). The van der Waals surface area contributed by atoms with Gasteiger partial charge in [0.1, 0.15) is 24.4 Å². The molecular formula is C11H12Br2N2O2. The number of anilines is 1.